The Labute approximate surface area is 335 Å². The molecule has 0 unspecified atom stereocenters. The average Bonchev–Trinajstić information content (AvgIpc) is 3.28. The fourth-order valence-electron chi connectivity index (χ4n) is 8.71. The Morgan fingerprint density at radius 1 is 0.368 bits per heavy atom. The van der Waals surface area contributed by atoms with E-state index in [0.717, 1.165) is 22.7 Å². The van der Waals surface area contributed by atoms with E-state index >= 15 is 0 Å². The zero-order chi connectivity index (χ0) is 38.3. The van der Waals surface area contributed by atoms with Gasteiger partial charge in [0, 0.05) is 22.2 Å². The van der Waals surface area contributed by atoms with Crippen LogP contribution in [-0.4, -0.2) is 0 Å². The van der Waals surface area contributed by atoms with Crippen LogP contribution >= 0.6 is 0 Å². The molecule has 0 N–H and O–H groups in total. The quantitative estimate of drug-likeness (QED) is 0.161. The summed E-state index contributed by atoms with van der Waals surface area (Å²) in [6.07, 6.45) is 0. The maximum Gasteiger partial charge on any atom is 0.0781 e. The molecule has 9 aromatic carbocycles. The second kappa shape index (κ2) is 14.2. The van der Waals surface area contributed by atoms with Gasteiger partial charge in [-0.15, -0.1) is 0 Å². The minimum atomic E-state index is -0.238. The molecule has 0 fully saturated rings. The molecule has 1 aliphatic rings. The van der Waals surface area contributed by atoms with Crippen molar-refractivity contribution in [2.24, 2.45) is 0 Å². The van der Waals surface area contributed by atoms with Crippen LogP contribution in [0.5, 0.6) is 0 Å². The fourth-order valence-corrected chi connectivity index (χ4v) is 8.71. The number of benzene rings is 9. The molecular formula is C55H42N2. The summed E-state index contributed by atoms with van der Waals surface area (Å²) < 4.78 is 0. The zero-order valence-corrected chi connectivity index (χ0v) is 32.2. The van der Waals surface area contributed by atoms with Crippen LogP contribution in [0.25, 0.3) is 44.2 Å². The maximum atomic E-state index is 2.53. The third-order valence-corrected chi connectivity index (χ3v) is 11.6. The Kier molecular flexibility index (Phi) is 8.53. The molecule has 272 valence electrons. The van der Waals surface area contributed by atoms with E-state index in [1.165, 1.54) is 66.7 Å². The lowest BCUT2D eigenvalue weighted by Gasteiger charge is -2.44. The Bertz CT molecular complexity index is 2760. The molecule has 1 heterocycles. The van der Waals surface area contributed by atoms with Crippen LogP contribution in [0.3, 0.4) is 0 Å². The molecule has 0 aromatic heterocycles. The zero-order valence-electron chi connectivity index (χ0n) is 32.2. The number of hydrogen-bond donors (Lipinski definition) is 0. The molecule has 2 heteroatoms. The summed E-state index contributed by atoms with van der Waals surface area (Å²) in [6, 6.07) is 79.4. The minimum Gasteiger partial charge on any atom is -0.308 e. The van der Waals surface area contributed by atoms with Crippen LogP contribution in [0, 0.1) is 0 Å². The third kappa shape index (κ3) is 6.07. The molecule has 0 spiro atoms. The molecule has 57 heavy (non-hydrogen) atoms. The van der Waals surface area contributed by atoms with E-state index in [0.29, 0.717) is 0 Å². The number of fused-ring (bicyclic) bond motifs is 3. The van der Waals surface area contributed by atoms with Crippen molar-refractivity contribution in [1.29, 1.82) is 0 Å². The highest BCUT2D eigenvalue weighted by Crippen LogP contribution is 2.57. The molecule has 0 aliphatic carbocycles. The van der Waals surface area contributed by atoms with Crippen molar-refractivity contribution in [1.82, 2.24) is 0 Å². The van der Waals surface area contributed by atoms with Crippen LogP contribution in [0.4, 0.5) is 34.1 Å². The second-order valence-electron chi connectivity index (χ2n) is 15.4. The van der Waals surface area contributed by atoms with Crippen molar-refractivity contribution >= 4 is 44.9 Å². The third-order valence-electron chi connectivity index (χ3n) is 11.6. The van der Waals surface area contributed by atoms with Gasteiger partial charge in [0.15, 0.2) is 0 Å². The lowest BCUT2D eigenvalue weighted by Crippen LogP contribution is -2.31. The fraction of sp³-hybridized carbons (Fsp3) is 0.0545. The monoisotopic (exact) mass is 730 g/mol. The van der Waals surface area contributed by atoms with Crippen molar-refractivity contribution in [2.75, 3.05) is 9.80 Å². The van der Waals surface area contributed by atoms with Gasteiger partial charge in [-0.05, 0) is 98.4 Å². The van der Waals surface area contributed by atoms with Crippen molar-refractivity contribution in [3.8, 4) is 33.4 Å². The number of rotatable bonds is 7. The Hall–Kier alpha value is -7.16. The first-order valence-electron chi connectivity index (χ1n) is 19.8. The summed E-state index contributed by atoms with van der Waals surface area (Å²) >= 11 is 0. The molecule has 10 rings (SSSR count). The molecule has 0 bridgehead atoms. The van der Waals surface area contributed by atoms with E-state index < -0.39 is 0 Å². The van der Waals surface area contributed by atoms with Gasteiger partial charge in [0.05, 0.1) is 22.7 Å². The minimum absolute atomic E-state index is 0.238. The summed E-state index contributed by atoms with van der Waals surface area (Å²) in [4.78, 5) is 4.97. The van der Waals surface area contributed by atoms with Gasteiger partial charge in [-0.1, -0.05) is 184 Å². The van der Waals surface area contributed by atoms with Crippen molar-refractivity contribution < 1.29 is 0 Å². The predicted octanol–water partition coefficient (Wildman–Crippen LogP) is 15.4. The summed E-state index contributed by atoms with van der Waals surface area (Å²) in [5, 5.41) is 2.38. The molecule has 0 saturated carbocycles. The summed E-state index contributed by atoms with van der Waals surface area (Å²) in [6.45, 7) is 4.74. The number of anilines is 6. The molecule has 2 nitrogen and oxygen atoms in total. The highest BCUT2D eigenvalue weighted by molar-refractivity contribution is 6.08. The molecule has 0 radical (unpaired) electrons. The van der Waals surface area contributed by atoms with E-state index in [4.69, 9.17) is 0 Å². The summed E-state index contributed by atoms with van der Waals surface area (Å²) in [5.74, 6) is 0. The lowest BCUT2D eigenvalue weighted by molar-refractivity contribution is 0.632. The first-order chi connectivity index (χ1) is 28.0. The van der Waals surface area contributed by atoms with Gasteiger partial charge in [-0.3, -0.25) is 0 Å². The highest BCUT2D eigenvalue weighted by Gasteiger charge is 2.38. The first kappa shape index (κ1) is 34.3. The van der Waals surface area contributed by atoms with Gasteiger partial charge in [0.2, 0.25) is 0 Å². The highest BCUT2D eigenvalue weighted by atomic mass is 15.2. The molecule has 0 atom stereocenters. The van der Waals surface area contributed by atoms with Crippen LogP contribution in [0.15, 0.2) is 218 Å². The topological polar surface area (TPSA) is 6.48 Å². The van der Waals surface area contributed by atoms with E-state index in [9.17, 15) is 0 Å². The Morgan fingerprint density at radius 3 is 1.42 bits per heavy atom. The van der Waals surface area contributed by atoms with Crippen molar-refractivity contribution in [3.05, 3.63) is 230 Å². The Morgan fingerprint density at radius 2 is 0.825 bits per heavy atom. The van der Waals surface area contributed by atoms with Crippen LogP contribution in [0.1, 0.15) is 25.0 Å². The lowest BCUT2D eigenvalue weighted by atomic mass is 9.72. The van der Waals surface area contributed by atoms with Crippen LogP contribution < -0.4 is 9.80 Å². The van der Waals surface area contributed by atoms with Crippen LogP contribution in [0.2, 0.25) is 0 Å². The van der Waals surface area contributed by atoms with Gasteiger partial charge in [0.25, 0.3) is 0 Å². The SMILES string of the molecule is CC1(C)c2ccccc2N(c2c(N(c3ccc(-c4ccccc4)cc3)c3ccc(-c4ccccc4)cc3)ccc3ccccc23)c2ccc(-c3ccccc3)cc21. The second-order valence-corrected chi connectivity index (χ2v) is 15.4. The van der Waals surface area contributed by atoms with Gasteiger partial charge >= 0.3 is 0 Å². The summed E-state index contributed by atoms with van der Waals surface area (Å²) in [5.41, 5.74) is 16.4. The van der Waals surface area contributed by atoms with E-state index in [1.54, 1.807) is 0 Å². The average molecular weight is 731 g/mol. The predicted molar refractivity (Wildman–Crippen MR) is 242 cm³/mol. The van der Waals surface area contributed by atoms with Crippen LogP contribution in [-0.2, 0) is 5.41 Å². The largest absolute Gasteiger partial charge is 0.308 e. The smallest absolute Gasteiger partial charge is 0.0781 e. The normalized spacial score (nSPS) is 12.8. The number of nitrogens with zero attached hydrogens (tertiary/aromatic N) is 2. The van der Waals surface area contributed by atoms with Gasteiger partial charge in [-0.25, -0.2) is 0 Å². The molecule has 0 amide bonds. The maximum absolute atomic E-state index is 2.53. The molecule has 1 aliphatic heterocycles. The van der Waals surface area contributed by atoms with Gasteiger partial charge in [-0.2, -0.15) is 0 Å². The standard InChI is InChI=1S/C55H42N2/c1-55(2)49-24-14-15-25-51(49)57(52-36-31-45(38-50(52)55)41-20-10-5-11-21-41)54-48-23-13-12-22-44(48)30-37-53(54)56(46-32-26-42(27-33-46)39-16-6-3-7-17-39)47-34-28-43(29-35-47)40-18-8-4-9-19-40/h3-38H,1-2H3. The van der Waals surface area contributed by atoms with Crippen molar-refractivity contribution in [2.45, 2.75) is 19.3 Å². The first-order valence-corrected chi connectivity index (χ1v) is 19.8. The van der Waals surface area contributed by atoms with Gasteiger partial charge in [0.1, 0.15) is 0 Å². The van der Waals surface area contributed by atoms with Crippen molar-refractivity contribution in [3.63, 3.8) is 0 Å². The number of para-hydroxylation sites is 1. The molecular weight excluding hydrogens is 689 g/mol. The summed E-state index contributed by atoms with van der Waals surface area (Å²) in [7, 11) is 0. The van der Waals surface area contributed by atoms with E-state index in [1.807, 2.05) is 0 Å². The number of hydrogen-bond acceptors (Lipinski definition) is 2. The molecule has 0 saturated heterocycles. The van der Waals surface area contributed by atoms with E-state index in [-0.39, 0.29) is 5.41 Å². The van der Waals surface area contributed by atoms with E-state index in [2.05, 4.69) is 242 Å². The molecule has 9 aromatic rings. The Balaban J connectivity index is 1.23. The van der Waals surface area contributed by atoms with Gasteiger partial charge < -0.3 is 9.80 Å².